The topological polar surface area (TPSA) is 26.0 Å². The molecule has 1 nitrogen and oxygen atoms in total. The zero-order valence-electron chi connectivity index (χ0n) is 11.3. The monoisotopic (exact) mass is 279 g/mol. The SMILES string of the molecule is Cc1cc(C(F)(F)F)ccc1-c1ccccc1C(C)N. The standard InChI is InChI=1S/C16H16F3N/c1-10-9-12(16(17,18)19)7-8-13(10)15-6-4-3-5-14(15)11(2)20/h3-9,11H,20H2,1-2H3. The van der Waals surface area contributed by atoms with Gasteiger partial charge in [0, 0.05) is 6.04 Å². The van der Waals surface area contributed by atoms with E-state index in [1.54, 1.807) is 6.92 Å². The number of halogens is 3. The van der Waals surface area contributed by atoms with E-state index < -0.39 is 11.7 Å². The highest BCUT2D eigenvalue weighted by Crippen LogP contribution is 2.35. The van der Waals surface area contributed by atoms with E-state index in [2.05, 4.69) is 0 Å². The van der Waals surface area contributed by atoms with Gasteiger partial charge in [0.05, 0.1) is 5.56 Å². The first-order valence-electron chi connectivity index (χ1n) is 6.33. The molecule has 0 amide bonds. The van der Waals surface area contributed by atoms with Crippen molar-refractivity contribution in [3.05, 3.63) is 59.2 Å². The summed E-state index contributed by atoms with van der Waals surface area (Å²) in [7, 11) is 0. The molecule has 4 heteroatoms. The van der Waals surface area contributed by atoms with E-state index in [1.807, 2.05) is 31.2 Å². The summed E-state index contributed by atoms with van der Waals surface area (Å²) in [6, 6.07) is 11.1. The van der Waals surface area contributed by atoms with Gasteiger partial charge in [0.15, 0.2) is 0 Å². The molecule has 106 valence electrons. The summed E-state index contributed by atoms with van der Waals surface area (Å²) in [5.74, 6) is 0. The molecule has 2 N–H and O–H groups in total. The predicted molar refractivity (Wildman–Crippen MR) is 74.2 cm³/mol. The van der Waals surface area contributed by atoms with E-state index >= 15 is 0 Å². The van der Waals surface area contributed by atoms with Crippen LogP contribution in [0.25, 0.3) is 11.1 Å². The van der Waals surface area contributed by atoms with Crippen LogP contribution in [0.15, 0.2) is 42.5 Å². The van der Waals surface area contributed by atoms with Crippen LogP contribution in [0.5, 0.6) is 0 Å². The molecule has 0 bridgehead atoms. The Bertz CT molecular complexity index is 615. The Labute approximate surface area is 116 Å². The Hall–Kier alpha value is -1.81. The summed E-state index contributed by atoms with van der Waals surface area (Å²) >= 11 is 0. The van der Waals surface area contributed by atoms with Crippen LogP contribution in [0.3, 0.4) is 0 Å². The van der Waals surface area contributed by atoms with Gasteiger partial charge in [-0.05, 0) is 48.2 Å². The van der Waals surface area contributed by atoms with Crippen LogP contribution >= 0.6 is 0 Å². The van der Waals surface area contributed by atoms with Gasteiger partial charge in [0.2, 0.25) is 0 Å². The highest BCUT2D eigenvalue weighted by molar-refractivity contribution is 5.71. The molecule has 1 unspecified atom stereocenters. The van der Waals surface area contributed by atoms with Gasteiger partial charge in [-0.25, -0.2) is 0 Å². The van der Waals surface area contributed by atoms with Crippen LogP contribution in [0.4, 0.5) is 13.2 Å². The lowest BCUT2D eigenvalue weighted by atomic mass is 9.92. The van der Waals surface area contributed by atoms with Crippen molar-refractivity contribution in [3.63, 3.8) is 0 Å². The maximum absolute atomic E-state index is 12.7. The molecule has 20 heavy (non-hydrogen) atoms. The van der Waals surface area contributed by atoms with Crippen molar-refractivity contribution in [2.75, 3.05) is 0 Å². The number of hydrogen-bond acceptors (Lipinski definition) is 1. The number of rotatable bonds is 2. The molecule has 0 aliphatic carbocycles. The minimum atomic E-state index is -4.32. The Morgan fingerprint density at radius 3 is 2.20 bits per heavy atom. The van der Waals surface area contributed by atoms with Gasteiger partial charge in [0.25, 0.3) is 0 Å². The molecule has 0 saturated carbocycles. The van der Waals surface area contributed by atoms with Crippen LogP contribution < -0.4 is 5.73 Å². The number of hydrogen-bond donors (Lipinski definition) is 1. The van der Waals surface area contributed by atoms with Crippen LogP contribution in [-0.2, 0) is 6.18 Å². The average Bonchev–Trinajstić information content (AvgIpc) is 2.37. The van der Waals surface area contributed by atoms with Crippen LogP contribution in [0.2, 0.25) is 0 Å². The van der Waals surface area contributed by atoms with E-state index in [9.17, 15) is 13.2 Å². The maximum atomic E-state index is 12.7. The third-order valence-corrected chi connectivity index (χ3v) is 3.30. The first-order valence-corrected chi connectivity index (χ1v) is 6.33. The molecule has 0 aliphatic heterocycles. The first-order chi connectivity index (χ1) is 9.30. The lowest BCUT2D eigenvalue weighted by Gasteiger charge is -2.16. The number of alkyl halides is 3. The van der Waals surface area contributed by atoms with Gasteiger partial charge >= 0.3 is 6.18 Å². The quantitative estimate of drug-likeness (QED) is 0.847. The zero-order chi connectivity index (χ0) is 14.9. The summed E-state index contributed by atoms with van der Waals surface area (Å²) in [5, 5.41) is 0. The second-order valence-corrected chi connectivity index (χ2v) is 4.90. The van der Waals surface area contributed by atoms with Crippen molar-refractivity contribution in [1.82, 2.24) is 0 Å². The smallest absolute Gasteiger partial charge is 0.324 e. The molecule has 0 radical (unpaired) electrons. The normalized spacial score (nSPS) is 13.3. The zero-order valence-corrected chi connectivity index (χ0v) is 11.3. The lowest BCUT2D eigenvalue weighted by molar-refractivity contribution is -0.137. The van der Waals surface area contributed by atoms with E-state index in [-0.39, 0.29) is 6.04 Å². The molecule has 2 aromatic rings. The molecular formula is C16H16F3N. The van der Waals surface area contributed by atoms with E-state index in [1.165, 1.54) is 12.1 Å². The summed E-state index contributed by atoms with van der Waals surface area (Å²) < 4.78 is 38.1. The average molecular weight is 279 g/mol. The first kappa shape index (κ1) is 14.6. The molecule has 0 aromatic heterocycles. The fourth-order valence-corrected chi connectivity index (χ4v) is 2.28. The summed E-state index contributed by atoms with van der Waals surface area (Å²) in [5.41, 5.74) is 8.48. The highest BCUT2D eigenvalue weighted by Gasteiger charge is 2.30. The van der Waals surface area contributed by atoms with E-state index in [0.717, 1.165) is 22.8 Å². The highest BCUT2D eigenvalue weighted by atomic mass is 19.4. The summed E-state index contributed by atoms with van der Waals surface area (Å²) in [6.45, 7) is 3.54. The number of benzene rings is 2. The number of aryl methyl sites for hydroxylation is 1. The molecule has 2 aromatic carbocycles. The Morgan fingerprint density at radius 2 is 1.65 bits per heavy atom. The van der Waals surface area contributed by atoms with Crippen LogP contribution in [-0.4, -0.2) is 0 Å². The Balaban J connectivity index is 2.55. The molecule has 0 heterocycles. The largest absolute Gasteiger partial charge is 0.416 e. The van der Waals surface area contributed by atoms with Gasteiger partial charge in [-0.3, -0.25) is 0 Å². The van der Waals surface area contributed by atoms with Gasteiger partial charge in [-0.2, -0.15) is 13.2 Å². The lowest BCUT2D eigenvalue weighted by Crippen LogP contribution is -2.08. The van der Waals surface area contributed by atoms with Crippen LogP contribution in [0, 0.1) is 6.92 Å². The van der Waals surface area contributed by atoms with Crippen LogP contribution in [0.1, 0.15) is 29.7 Å². The minimum absolute atomic E-state index is 0.173. The van der Waals surface area contributed by atoms with Crippen molar-refractivity contribution in [3.8, 4) is 11.1 Å². The van der Waals surface area contributed by atoms with E-state index in [4.69, 9.17) is 5.73 Å². The molecule has 0 fully saturated rings. The Kier molecular flexibility index (Phi) is 3.86. The van der Waals surface area contributed by atoms with Crippen molar-refractivity contribution in [1.29, 1.82) is 0 Å². The minimum Gasteiger partial charge on any atom is -0.324 e. The van der Waals surface area contributed by atoms with Gasteiger partial charge in [-0.15, -0.1) is 0 Å². The molecule has 2 rings (SSSR count). The fourth-order valence-electron chi connectivity index (χ4n) is 2.28. The second kappa shape index (κ2) is 5.29. The second-order valence-electron chi connectivity index (χ2n) is 4.90. The van der Waals surface area contributed by atoms with Crippen molar-refractivity contribution < 1.29 is 13.2 Å². The molecule has 0 aliphatic rings. The van der Waals surface area contributed by atoms with Crippen molar-refractivity contribution in [2.45, 2.75) is 26.1 Å². The van der Waals surface area contributed by atoms with Gasteiger partial charge in [-0.1, -0.05) is 30.3 Å². The van der Waals surface area contributed by atoms with Gasteiger partial charge < -0.3 is 5.73 Å². The molecule has 0 saturated heterocycles. The fraction of sp³-hybridized carbons (Fsp3) is 0.250. The number of nitrogens with two attached hydrogens (primary N) is 1. The Morgan fingerprint density at radius 1 is 1.00 bits per heavy atom. The summed E-state index contributed by atoms with van der Waals surface area (Å²) in [4.78, 5) is 0. The maximum Gasteiger partial charge on any atom is 0.416 e. The van der Waals surface area contributed by atoms with Gasteiger partial charge in [0.1, 0.15) is 0 Å². The third kappa shape index (κ3) is 2.85. The molecule has 1 atom stereocenters. The predicted octanol–water partition coefficient (Wildman–Crippen LogP) is 4.70. The summed E-state index contributed by atoms with van der Waals surface area (Å²) in [6.07, 6.45) is -4.32. The van der Waals surface area contributed by atoms with E-state index in [0.29, 0.717) is 5.56 Å². The third-order valence-electron chi connectivity index (χ3n) is 3.30. The van der Waals surface area contributed by atoms with Crippen molar-refractivity contribution in [2.24, 2.45) is 5.73 Å². The molecule has 0 spiro atoms. The van der Waals surface area contributed by atoms with Crippen molar-refractivity contribution >= 4 is 0 Å². The molecular weight excluding hydrogens is 263 g/mol.